The van der Waals surface area contributed by atoms with Gasteiger partial charge in [-0.2, -0.15) is 0 Å². The lowest BCUT2D eigenvalue weighted by molar-refractivity contribution is 0.0576. The zero-order chi connectivity index (χ0) is 16.1. The van der Waals surface area contributed by atoms with Crippen molar-refractivity contribution in [3.8, 4) is 0 Å². The van der Waals surface area contributed by atoms with Crippen molar-refractivity contribution < 1.29 is 5.11 Å². The van der Waals surface area contributed by atoms with E-state index in [-0.39, 0.29) is 6.10 Å². The van der Waals surface area contributed by atoms with Gasteiger partial charge in [-0.1, -0.05) is 30.3 Å². The molecule has 0 spiro atoms. The van der Waals surface area contributed by atoms with E-state index < -0.39 is 0 Å². The summed E-state index contributed by atoms with van der Waals surface area (Å²) in [6.45, 7) is 2.85. The van der Waals surface area contributed by atoms with Gasteiger partial charge < -0.3 is 10.8 Å². The zero-order valence-electron chi connectivity index (χ0n) is 13.3. The second kappa shape index (κ2) is 7.53. The number of anilines is 1. The Morgan fingerprint density at radius 1 is 1.09 bits per heavy atom. The first-order chi connectivity index (χ1) is 11.2. The summed E-state index contributed by atoms with van der Waals surface area (Å²) in [5.74, 6) is 0.700. The maximum absolute atomic E-state index is 10.5. The molecule has 1 aromatic heterocycles. The van der Waals surface area contributed by atoms with E-state index in [1.54, 1.807) is 12.4 Å². The Hall–Kier alpha value is -1.98. The first-order valence-corrected chi connectivity index (χ1v) is 8.21. The molecule has 2 heterocycles. The quantitative estimate of drug-likeness (QED) is 0.881. The molecule has 0 radical (unpaired) electrons. The van der Waals surface area contributed by atoms with Gasteiger partial charge >= 0.3 is 0 Å². The highest BCUT2D eigenvalue weighted by atomic mass is 16.3. The highest BCUT2D eigenvalue weighted by molar-refractivity contribution is 5.17. The summed E-state index contributed by atoms with van der Waals surface area (Å²) in [5, 5.41) is 10.5. The molecule has 5 nitrogen and oxygen atoms in total. The Balaban J connectivity index is 1.47. The summed E-state index contributed by atoms with van der Waals surface area (Å²) >= 11 is 0. The van der Waals surface area contributed by atoms with E-state index in [2.05, 4.69) is 27.0 Å². The third-order valence-electron chi connectivity index (χ3n) is 4.60. The van der Waals surface area contributed by atoms with E-state index in [4.69, 9.17) is 5.73 Å². The predicted octanol–water partition coefficient (Wildman–Crippen LogP) is 1.87. The molecule has 0 bridgehead atoms. The summed E-state index contributed by atoms with van der Waals surface area (Å²) in [6, 6.07) is 10.2. The molecule has 1 saturated heterocycles. The number of nitrogen functional groups attached to an aromatic ring is 1. The fraction of sp³-hybridized carbons (Fsp3) is 0.444. The highest BCUT2D eigenvalue weighted by Crippen LogP contribution is 2.24. The molecule has 0 amide bonds. The van der Waals surface area contributed by atoms with Crippen LogP contribution >= 0.6 is 0 Å². The Kier molecular flexibility index (Phi) is 5.20. The Bertz CT molecular complexity index is 594. The Labute approximate surface area is 137 Å². The Morgan fingerprint density at radius 3 is 2.39 bits per heavy atom. The lowest BCUT2D eigenvalue weighted by Crippen LogP contribution is -2.38. The summed E-state index contributed by atoms with van der Waals surface area (Å²) in [5.41, 5.74) is 7.81. The minimum atomic E-state index is -0.251. The molecule has 1 aliphatic rings. The van der Waals surface area contributed by atoms with E-state index in [0.717, 1.165) is 44.5 Å². The van der Waals surface area contributed by atoms with E-state index >= 15 is 0 Å². The van der Waals surface area contributed by atoms with Crippen LogP contribution in [0.15, 0.2) is 42.7 Å². The van der Waals surface area contributed by atoms with Crippen LogP contribution in [-0.2, 0) is 13.0 Å². The fourth-order valence-electron chi connectivity index (χ4n) is 3.22. The molecule has 1 fully saturated rings. The SMILES string of the molecule is Nc1ncc(CN2CCC(C(O)Cc3ccccc3)CC2)cn1. The van der Waals surface area contributed by atoms with Crippen molar-refractivity contribution in [3.05, 3.63) is 53.9 Å². The number of aromatic nitrogens is 2. The van der Waals surface area contributed by atoms with E-state index in [1.807, 2.05) is 18.2 Å². The number of nitrogens with two attached hydrogens (primary N) is 1. The summed E-state index contributed by atoms with van der Waals surface area (Å²) < 4.78 is 0. The second-order valence-corrected chi connectivity index (χ2v) is 6.32. The number of aliphatic hydroxyl groups is 1. The molecular formula is C18H24N4O. The third kappa shape index (κ3) is 4.50. The van der Waals surface area contributed by atoms with Crippen LogP contribution in [0.1, 0.15) is 24.0 Å². The van der Waals surface area contributed by atoms with Crippen molar-refractivity contribution in [1.82, 2.24) is 14.9 Å². The van der Waals surface area contributed by atoms with Crippen molar-refractivity contribution >= 4 is 5.95 Å². The number of rotatable bonds is 5. The van der Waals surface area contributed by atoms with E-state index in [1.165, 1.54) is 5.56 Å². The zero-order valence-corrected chi connectivity index (χ0v) is 13.3. The second-order valence-electron chi connectivity index (χ2n) is 6.32. The molecule has 23 heavy (non-hydrogen) atoms. The average molecular weight is 312 g/mol. The summed E-state index contributed by atoms with van der Waals surface area (Å²) in [4.78, 5) is 10.5. The summed E-state index contributed by atoms with van der Waals surface area (Å²) in [7, 11) is 0. The van der Waals surface area contributed by atoms with Crippen LogP contribution in [-0.4, -0.2) is 39.2 Å². The number of aliphatic hydroxyl groups excluding tert-OH is 1. The van der Waals surface area contributed by atoms with Crippen LogP contribution in [0.25, 0.3) is 0 Å². The van der Waals surface area contributed by atoms with Gasteiger partial charge in [0.05, 0.1) is 6.10 Å². The molecule has 122 valence electrons. The fourth-order valence-corrected chi connectivity index (χ4v) is 3.22. The van der Waals surface area contributed by atoms with Gasteiger partial charge in [0.1, 0.15) is 0 Å². The number of likely N-dealkylation sites (tertiary alicyclic amines) is 1. The lowest BCUT2D eigenvalue weighted by atomic mass is 9.88. The number of piperidine rings is 1. The van der Waals surface area contributed by atoms with Crippen molar-refractivity contribution in [2.45, 2.75) is 31.9 Å². The molecule has 5 heteroatoms. The van der Waals surface area contributed by atoms with Crippen LogP contribution in [0, 0.1) is 5.92 Å². The molecule has 1 unspecified atom stereocenters. The van der Waals surface area contributed by atoms with Crippen LogP contribution in [0.2, 0.25) is 0 Å². The first-order valence-electron chi connectivity index (χ1n) is 8.21. The van der Waals surface area contributed by atoms with Gasteiger partial charge in [0.2, 0.25) is 5.95 Å². The number of hydrogen-bond acceptors (Lipinski definition) is 5. The average Bonchev–Trinajstić information content (AvgIpc) is 2.58. The normalized spacial score (nSPS) is 18.0. The molecule has 1 aliphatic heterocycles. The van der Waals surface area contributed by atoms with Gasteiger partial charge in [-0.15, -0.1) is 0 Å². The monoisotopic (exact) mass is 312 g/mol. The van der Waals surface area contributed by atoms with Crippen LogP contribution < -0.4 is 5.73 Å². The maximum atomic E-state index is 10.5. The number of hydrogen-bond donors (Lipinski definition) is 2. The van der Waals surface area contributed by atoms with Crippen LogP contribution in [0.4, 0.5) is 5.95 Å². The first kappa shape index (κ1) is 15.9. The lowest BCUT2D eigenvalue weighted by Gasteiger charge is -2.34. The van der Waals surface area contributed by atoms with Gasteiger partial charge in [0, 0.05) is 24.5 Å². The Morgan fingerprint density at radius 2 is 1.74 bits per heavy atom. The number of benzene rings is 1. The van der Waals surface area contributed by atoms with Crippen molar-refractivity contribution in [1.29, 1.82) is 0 Å². The van der Waals surface area contributed by atoms with Gasteiger partial charge in [-0.25, -0.2) is 9.97 Å². The molecule has 3 N–H and O–H groups in total. The standard InChI is InChI=1S/C18H24N4O/c19-18-20-11-15(12-21-18)13-22-8-6-16(7-9-22)17(23)10-14-4-2-1-3-5-14/h1-5,11-12,16-17,23H,6-10,13H2,(H2,19,20,21). The molecule has 2 aromatic rings. The smallest absolute Gasteiger partial charge is 0.219 e. The van der Waals surface area contributed by atoms with Gasteiger partial charge in [-0.05, 0) is 43.8 Å². The molecule has 1 aromatic carbocycles. The topological polar surface area (TPSA) is 75.3 Å². The van der Waals surface area contributed by atoms with Crippen molar-refractivity contribution in [2.24, 2.45) is 5.92 Å². The van der Waals surface area contributed by atoms with Gasteiger partial charge in [0.25, 0.3) is 0 Å². The van der Waals surface area contributed by atoms with Gasteiger partial charge in [-0.3, -0.25) is 4.90 Å². The minimum Gasteiger partial charge on any atom is -0.392 e. The van der Waals surface area contributed by atoms with Crippen LogP contribution in [0.5, 0.6) is 0 Å². The molecule has 3 rings (SSSR count). The summed E-state index contributed by atoms with van der Waals surface area (Å²) in [6.07, 6.45) is 6.14. The van der Waals surface area contributed by atoms with Gasteiger partial charge in [0.15, 0.2) is 0 Å². The third-order valence-corrected chi connectivity index (χ3v) is 4.60. The largest absolute Gasteiger partial charge is 0.392 e. The number of nitrogens with zero attached hydrogens (tertiary/aromatic N) is 3. The molecule has 0 saturated carbocycles. The van der Waals surface area contributed by atoms with Crippen molar-refractivity contribution in [3.63, 3.8) is 0 Å². The maximum Gasteiger partial charge on any atom is 0.219 e. The molecule has 0 aliphatic carbocycles. The predicted molar refractivity (Wildman–Crippen MR) is 90.6 cm³/mol. The molecule has 1 atom stereocenters. The van der Waals surface area contributed by atoms with Crippen molar-refractivity contribution in [2.75, 3.05) is 18.8 Å². The van der Waals surface area contributed by atoms with Crippen LogP contribution in [0.3, 0.4) is 0 Å². The van der Waals surface area contributed by atoms with E-state index in [0.29, 0.717) is 11.9 Å². The van der Waals surface area contributed by atoms with E-state index in [9.17, 15) is 5.11 Å². The minimum absolute atomic E-state index is 0.251. The molecular weight excluding hydrogens is 288 g/mol. The highest BCUT2D eigenvalue weighted by Gasteiger charge is 2.25.